The molecule has 0 radical (unpaired) electrons. The molecule has 1 N–H and O–H groups in total. The van der Waals surface area contributed by atoms with Gasteiger partial charge in [0.05, 0.1) is 12.2 Å². The van der Waals surface area contributed by atoms with E-state index >= 15 is 0 Å². The van der Waals surface area contributed by atoms with Crippen LogP contribution in [0.5, 0.6) is 5.75 Å². The maximum atomic E-state index is 12.3. The van der Waals surface area contributed by atoms with Crippen LogP contribution in [0.25, 0.3) is 0 Å². The van der Waals surface area contributed by atoms with E-state index < -0.39 is 5.63 Å². The molecule has 21 heavy (non-hydrogen) atoms. The van der Waals surface area contributed by atoms with Crippen LogP contribution < -0.4 is 15.7 Å². The summed E-state index contributed by atoms with van der Waals surface area (Å²) in [4.78, 5) is 23.5. The smallest absolute Gasteiger partial charge is 0.336 e. The first-order valence-corrected chi connectivity index (χ1v) is 6.67. The number of rotatable bonds is 4. The fraction of sp³-hybridized carbons (Fsp3) is 0.250. The first-order valence-electron chi connectivity index (χ1n) is 6.67. The summed E-state index contributed by atoms with van der Waals surface area (Å²) in [5.41, 5.74) is 1.16. The van der Waals surface area contributed by atoms with E-state index in [1.54, 1.807) is 38.1 Å². The third-order valence-electron chi connectivity index (χ3n) is 2.98. The van der Waals surface area contributed by atoms with Crippen LogP contribution in [0.2, 0.25) is 0 Å². The highest BCUT2D eigenvalue weighted by molar-refractivity contribution is 6.05. The first kappa shape index (κ1) is 14.8. The monoisotopic (exact) mass is 287 g/mol. The molecule has 1 amide bonds. The fourth-order valence-electron chi connectivity index (χ4n) is 2.09. The number of ether oxygens (including phenoxy) is 1. The Morgan fingerprint density at radius 2 is 1.90 bits per heavy atom. The lowest BCUT2D eigenvalue weighted by atomic mass is 10.1. The van der Waals surface area contributed by atoms with Crippen molar-refractivity contribution in [1.82, 2.24) is 0 Å². The van der Waals surface area contributed by atoms with E-state index in [1.807, 2.05) is 6.92 Å². The van der Waals surface area contributed by atoms with Gasteiger partial charge in [-0.05, 0) is 50.6 Å². The van der Waals surface area contributed by atoms with Gasteiger partial charge in [-0.3, -0.25) is 4.79 Å². The number of amides is 1. The van der Waals surface area contributed by atoms with Gasteiger partial charge in [0.15, 0.2) is 0 Å². The summed E-state index contributed by atoms with van der Waals surface area (Å²) in [6.07, 6.45) is 0. The molecule has 0 atom stereocenters. The molecule has 1 aromatic heterocycles. The van der Waals surface area contributed by atoms with Crippen molar-refractivity contribution in [2.75, 3.05) is 11.9 Å². The molecule has 1 heterocycles. The molecule has 5 heteroatoms. The van der Waals surface area contributed by atoms with Crippen LogP contribution >= 0.6 is 0 Å². The van der Waals surface area contributed by atoms with Gasteiger partial charge in [0.2, 0.25) is 0 Å². The Bertz CT molecular complexity index is 675. The maximum Gasteiger partial charge on any atom is 0.336 e. The second kappa shape index (κ2) is 6.26. The highest BCUT2D eigenvalue weighted by Crippen LogP contribution is 2.18. The zero-order valence-electron chi connectivity index (χ0n) is 12.2. The van der Waals surface area contributed by atoms with Gasteiger partial charge in [-0.1, -0.05) is 0 Å². The molecule has 0 aliphatic rings. The Balaban J connectivity index is 2.20. The Morgan fingerprint density at radius 1 is 1.24 bits per heavy atom. The van der Waals surface area contributed by atoms with Crippen molar-refractivity contribution in [3.8, 4) is 5.75 Å². The average molecular weight is 287 g/mol. The van der Waals surface area contributed by atoms with Crippen molar-refractivity contribution in [2.24, 2.45) is 0 Å². The van der Waals surface area contributed by atoms with Crippen molar-refractivity contribution >= 4 is 11.6 Å². The summed E-state index contributed by atoms with van der Waals surface area (Å²) >= 11 is 0. The summed E-state index contributed by atoms with van der Waals surface area (Å²) in [5, 5.41) is 2.77. The molecule has 5 nitrogen and oxygen atoms in total. The topological polar surface area (TPSA) is 68.5 Å². The van der Waals surface area contributed by atoms with Crippen LogP contribution in [0.1, 0.15) is 28.6 Å². The van der Waals surface area contributed by atoms with Crippen LogP contribution in [0.3, 0.4) is 0 Å². The summed E-state index contributed by atoms with van der Waals surface area (Å²) in [5.74, 6) is 0.745. The van der Waals surface area contributed by atoms with Crippen LogP contribution in [0.4, 0.5) is 5.69 Å². The second-order valence-electron chi connectivity index (χ2n) is 4.59. The van der Waals surface area contributed by atoms with Crippen molar-refractivity contribution in [3.05, 3.63) is 57.6 Å². The number of hydrogen-bond donors (Lipinski definition) is 1. The molecule has 2 rings (SSSR count). The zero-order valence-corrected chi connectivity index (χ0v) is 12.2. The number of anilines is 1. The van der Waals surface area contributed by atoms with Crippen molar-refractivity contribution in [3.63, 3.8) is 0 Å². The highest BCUT2D eigenvalue weighted by atomic mass is 16.5. The standard InChI is InChI=1S/C16H17NO4/c1-4-20-13-7-5-12(6-8-13)17-16(19)15-10(2)9-14(18)21-11(15)3/h5-9H,4H2,1-3H3,(H,17,19). The molecule has 110 valence electrons. The van der Waals surface area contributed by atoms with E-state index in [1.165, 1.54) is 6.07 Å². The molecule has 0 saturated carbocycles. The molecule has 0 fully saturated rings. The van der Waals surface area contributed by atoms with Gasteiger partial charge in [0.25, 0.3) is 5.91 Å². The van der Waals surface area contributed by atoms with Gasteiger partial charge in [-0.15, -0.1) is 0 Å². The normalized spacial score (nSPS) is 10.2. The van der Waals surface area contributed by atoms with E-state index in [2.05, 4.69) is 5.32 Å². The minimum absolute atomic E-state index is 0.307. The van der Waals surface area contributed by atoms with E-state index in [0.29, 0.717) is 29.2 Å². The van der Waals surface area contributed by atoms with Crippen molar-refractivity contribution < 1.29 is 13.9 Å². The van der Waals surface area contributed by atoms with Crippen molar-refractivity contribution in [1.29, 1.82) is 0 Å². The lowest BCUT2D eigenvalue weighted by molar-refractivity contribution is 0.102. The summed E-state index contributed by atoms with van der Waals surface area (Å²) in [6, 6.07) is 8.38. The third kappa shape index (κ3) is 3.51. The number of benzene rings is 1. The SMILES string of the molecule is CCOc1ccc(NC(=O)c2c(C)cc(=O)oc2C)cc1. The van der Waals surface area contributed by atoms with E-state index in [4.69, 9.17) is 9.15 Å². The lowest BCUT2D eigenvalue weighted by Gasteiger charge is -2.10. The van der Waals surface area contributed by atoms with E-state index in [9.17, 15) is 9.59 Å². The minimum atomic E-state index is -0.456. The quantitative estimate of drug-likeness (QED) is 0.938. The molecule has 0 aliphatic heterocycles. The number of carbonyl (C=O) groups excluding carboxylic acids is 1. The Hall–Kier alpha value is -2.56. The molecule has 1 aromatic carbocycles. The number of carbonyl (C=O) groups is 1. The number of hydrogen-bond acceptors (Lipinski definition) is 4. The molecule has 2 aromatic rings. The van der Waals surface area contributed by atoms with Gasteiger partial charge >= 0.3 is 5.63 Å². The zero-order chi connectivity index (χ0) is 15.4. The predicted molar refractivity (Wildman–Crippen MR) is 80.0 cm³/mol. The van der Waals surface area contributed by atoms with Crippen molar-refractivity contribution in [2.45, 2.75) is 20.8 Å². The van der Waals surface area contributed by atoms with Gasteiger partial charge in [-0.2, -0.15) is 0 Å². The molecule has 0 bridgehead atoms. The summed E-state index contributed by atoms with van der Waals surface area (Å²) in [7, 11) is 0. The fourth-order valence-corrected chi connectivity index (χ4v) is 2.09. The van der Waals surface area contributed by atoms with Crippen LogP contribution in [0, 0.1) is 13.8 Å². The molecule has 0 spiro atoms. The minimum Gasteiger partial charge on any atom is -0.494 e. The average Bonchev–Trinajstić information content (AvgIpc) is 2.40. The second-order valence-corrected chi connectivity index (χ2v) is 4.59. The predicted octanol–water partition coefficient (Wildman–Crippen LogP) is 2.91. The maximum absolute atomic E-state index is 12.3. The molecule has 0 saturated heterocycles. The third-order valence-corrected chi connectivity index (χ3v) is 2.98. The molecule has 0 unspecified atom stereocenters. The van der Waals surface area contributed by atoms with Gasteiger partial charge in [0.1, 0.15) is 11.5 Å². The van der Waals surface area contributed by atoms with E-state index in [0.717, 1.165) is 5.75 Å². The van der Waals surface area contributed by atoms with Gasteiger partial charge < -0.3 is 14.5 Å². The Labute approximate surface area is 122 Å². The van der Waals surface area contributed by atoms with Crippen LogP contribution in [-0.2, 0) is 0 Å². The van der Waals surface area contributed by atoms with Gasteiger partial charge in [0, 0.05) is 11.8 Å². The first-order chi connectivity index (χ1) is 10.0. The molecule has 0 aliphatic carbocycles. The lowest BCUT2D eigenvalue weighted by Crippen LogP contribution is -2.17. The van der Waals surface area contributed by atoms with Crippen LogP contribution in [-0.4, -0.2) is 12.5 Å². The molecular formula is C16H17NO4. The largest absolute Gasteiger partial charge is 0.494 e. The summed E-state index contributed by atoms with van der Waals surface area (Å²) < 4.78 is 10.3. The number of nitrogens with one attached hydrogen (secondary N) is 1. The Morgan fingerprint density at radius 3 is 2.48 bits per heavy atom. The Kier molecular flexibility index (Phi) is 4.42. The number of aryl methyl sites for hydroxylation is 2. The summed E-state index contributed by atoms with van der Waals surface area (Å²) in [6.45, 7) is 5.80. The van der Waals surface area contributed by atoms with E-state index in [-0.39, 0.29) is 5.91 Å². The van der Waals surface area contributed by atoms with Crippen LogP contribution in [0.15, 0.2) is 39.5 Å². The molecular weight excluding hydrogens is 270 g/mol. The highest BCUT2D eigenvalue weighted by Gasteiger charge is 2.15. The van der Waals surface area contributed by atoms with Gasteiger partial charge in [-0.25, -0.2) is 4.79 Å².